The summed E-state index contributed by atoms with van der Waals surface area (Å²) in [5.41, 5.74) is -0.302. The molecule has 1 rings (SSSR count). The maximum atomic E-state index is 10.9. The molecule has 2 N–H and O–H groups in total. The predicted molar refractivity (Wildman–Crippen MR) is 49.3 cm³/mol. The molecule has 1 fully saturated rings. The molecule has 3 nitrogen and oxygen atoms in total. The molecule has 0 heterocycles. The molecule has 0 aromatic carbocycles. The molecule has 0 saturated heterocycles. The molecule has 0 radical (unpaired) electrons. The molecule has 3 unspecified atom stereocenters. The van der Waals surface area contributed by atoms with Gasteiger partial charge in [-0.05, 0) is 24.2 Å². The van der Waals surface area contributed by atoms with Gasteiger partial charge in [-0.2, -0.15) is 0 Å². The number of rotatable bonds is 1. The second kappa shape index (κ2) is 3.29. The maximum Gasteiger partial charge on any atom is 0.307 e. The average Bonchev–Trinajstić information content (AvgIpc) is 1.99. The molecule has 1 aliphatic carbocycles. The zero-order chi connectivity index (χ0) is 10.2. The van der Waals surface area contributed by atoms with Crippen LogP contribution in [0.1, 0.15) is 33.6 Å². The highest BCUT2D eigenvalue weighted by Gasteiger charge is 2.45. The van der Waals surface area contributed by atoms with Crippen LogP contribution in [0.3, 0.4) is 0 Å². The summed E-state index contributed by atoms with van der Waals surface area (Å²) in [6, 6.07) is 0. The standard InChI is InChI=1S/C10H18O3/c1-6-8(11)5-4-7(9(12)13)10(6,2)3/h6-8,11H,4-5H2,1-3H3,(H,12,13). The average molecular weight is 186 g/mol. The van der Waals surface area contributed by atoms with Gasteiger partial charge in [-0.25, -0.2) is 0 Å². The van der Waals surface area contributed by atoms with Crippen LogP contribution in [0.2, 0.25) is 0 Å². The van der Waals surface area contributed by atoms with E-state index in [2.05, 4.69) is 0 Å². The number of aliphatic hydroxyl groups is 1. The third-order valence-electron chi connectivity index (χ3n) is 3.70. The first kappa shape index (κ1) is 10.5. The summed E-state index contributed by atoms with van der Waals surface area (Å²) in [6.07, 6.45) is 0.862. The highest BCUT2D eigenvalue weighted by molar-refractivity contribution is 5.71. The van der Waals surface area contributed by atoms with Crippen molar-refractivity contribution >= 4 is 5.97 Å². The van der Waals surface area contributed by atoms with Gasteiger partial charge in [-0.15, -0.1) is 0 Å². The van der Waals surface area contributed by atoms with E-state index in [9.17, 15) is 9.90 Å². The van der Waals surface area contributed by atoms with Crippen LogP contribution in [-0.2, 0) is 4.79 Å². The zero-order valence-electron chi connectivity index (χ0n) is 8.45. The number of hydrogen-bond acceptors (Lipinski definition) is 2. The summed E-state index contributed by atoms with van der Waals surface area (Å²) in [6.45, 7) is 5.79. The fourth-order valence-corrected chi connectivity index (χ4v) is 2.21. The topological polar surface area (TPSA) is 57.5 Å². The molecular weight excluding hydrogens is 168 g/mol. The van der Waals surface area contributed by atoms with Gasteiger partial charge in [0.1, 0.15) is 0 Å². The van der Waals surface area contributed by atoms with E-state index in [1.807, 2.05) is 20.8 Å². The molecule has 0 amide bonds. The molecule has 0 aliphatic heterocycles. The SMILES string of the molecule is CC1C(O)CCC(C(=O)O)C1(C)C. The molecule has 0 bridgehead atoms. The molecule has 0 spiro atoms. The number of carboxylic acids is 1. The minimum Gasteiger partial charge on any atom is -0.481 e. The summed E-state index contributed by atoms with van der Waals surface area (Å²) in [5, 5.41) is 18.6. The van der Waals surface area contributed by atoms with E-state index in [1.54, 1.807) is 0 Å². The number of hydrogen-bond donors (Lipinski definition) is 2. The highest BCUT2D eigenvalue weighted by atomic mass is 16.4. The molecular formula is C10H18O3. The van der Waals surface area contributed by atoms with Gasteiger partial charge < -0.3 is 10.2 Å². The maximum absolute atomic E-state index is 10.9. The van der Waals surface area contributed by atoms with E-state index in [1.165, 1.54) is 0 Å². The molecule has 13 heavy (non-hydrogen) atoms. The molecule has 1 aliphatic rings. The summed E-state index contributed by atoms with van der Waals surface area (Å²) in [4.78, 5) is 10.9. The molecule has 0 aromatic heterocycles. The van der Waals surface area contributed by atoms with E-state index >= 15 is 0 Å². The summed E-state index contributed by atoms with van der Waals surface area (Å²) in [7, 11) is 0. The van der Waals surface area contributed by atoms with Crippen molar-refractivity contribution < 1.29 is 15.0 Å². The van der Waals surface area contributed by atoms with Gasteiger partial charge in [-0.1, -0.05) is 20.8 Å². The van der Waals surface area contributed by atoms with Crippen molar-refractivity contribution in [2.24, 2.45) is 17.3 Å². The minimum absolute atomic E-state index is 0.0577. The van der Waals surface area contributed by atoms with Gasteiger partial charge in [0, 0.05) is 0 Å². The summed E-state index contributed by atoms with van der Waals surface area (Å²) < 4.78 is 0. The minimum atomic E-state index is -0.733. The lowest BCUT2D eigenvalue weighted by Crippen LogP contribution is -2.45. The number of carbonyl (C=O) groups is 1. The third-order valence-corrected chi connectivity index (χ3v) is 3.70. The van der Waals surface area contributed by atoms with Crippen molar-refractivity contribution in [1.82, 2.24) is 0 Å². The Hall–Kier alpha value is -0.570. The van der Waals surface area contributed by atoms with Crippen LogP contribution in [0.4, 0.5) is 0 Å². The number of aliphatic hydroxyl groups excluding tert-OH is 1. The zero-order valence-corrected chi connectivity index (χ0v) is 8.45. The van der Waals surface area contributed by atoms with E-state index in [4.69, 9.17) is 5.11 Å². The second-order valence-corrected chi connectivity index (χ2v) is 4.65. The van der Waals surface area contributed by atoms with Crippen molar-refractivity contribution in [3.05, 3.63) is 0 Å². The van der Waals surface area contributed by atoms with E-state index < -0.39 is 5.97 Å². The fourth-order valence-electron chi connectivity index (χ4n) is 2.21. The smallest absolute Gasteiger partial charge is 0.307 e. The van der Waals surface area contributed by atoms with Gasteiger partial charge in [-0.3, -0.25) is 4.79 Å². The lowest BCUT2D eigenvalue weighted by molar-refractivity contribution is -0.153. The first-order valence-corrected chi connectivity index (χ1v) is 4.78. The van der Waals surface area contributed by atoms with Gasteiger partial charge in [0.15, 0.2) is 0 Å². The van der Waals surface area contributed by atoms with Crippen LogP contribution in [0, 0.1) is 17.3 Å². The first-order valence-electron chi connectivity index (χ1n) is 4.78. The van der Waals surface area contributed by atoms with Crippen molar-refractivity contribution in [3.8, 4) is 0 Å². The van der Waals surface area contributed by atoms with Gasteiger partial charge in [0.05, 0.1) is 12.0 Å². The fraction of sp³-hybridized carbons (Fsp3) is 0.900. The lowest BCUT2D eigenvalue weighted by Gasteiger charge is -2.44. The first-order chi connectivity index (χ1) is 5.87. The Morgan fingerprint density at radius 2 is 1.92 bits per heavy atom. The van der Waals surface area contributed by atoms with E-state index in [0.29, 0.717) is 12.8 Å². The Balaban J connectivity index is 2.85. The summed E-state index contributed by atoms with van der Waals surface area (Å²) in [5.74, 6) is -0.989. The Bertz CT molecular complexity index is 210. The Morgan fingerprint density at radius 3 is 2.38 bits per heavy atom. The van der Waals surface area contributed by atoms with Crippen LogP contribution in [0.15, 0.2) is 0 Å². The molecule has 3 atom stereocenters. The van der Waals surface area contributed by atoms with E-state index in [0.717, 1.165) is 0 Å². The Kier molecular flexibility index (Phi) is 2.66. The summed E-state index contributed by atoms with van der Waals surface area (Å²) >= 11 is 0. The van der Waals surface area contributed by atoms with Crippen LogP contribution < -0.4 is 0 Å². The van der Waals surface area contributed by atoms with Gasteiger partial charge in [0.25, 0.3) is 0 Å². The number of carboxylic acid groups (broad SMARTS) is 1. The molecule has 1 saturated carbocycles. The monoisotopic (exact) mass is 186 g/mol. The van der Waals surface area contributed by atoms with Gasteiger partial charge >= 0.3 is 5.97 Å². The second-order valence-electron chi connectivity index (χ2n) is 4.65. The highest BCUT2D eigenvalue weighted by Crippen LogP contribution is 2.44. The normalized spacial score (nSPS) is 38.6. The van der Waals surface area contributed by atoms with Crippen LogP contribution in [-0.4, -0.2) is 22.3 Å². The van der Waals surface area contributed by atoms with Gasteiger partial charge in [0.2, 0.25) is 0 Å². The molecule has 3 heteroatoms. The Morgan fingerprint density at radius 1 is 1.38 bits per heavy atom. The van der Waals surface area contributed by atoms with Crippen molar-refractivity contribution in [2.75, 3.05) is 0 Å². The van der Waals surface area contributed by atoms with Crippen molar-refractivity contribution in [1.29, 1.82) is 0 Å². The van der Waals surface area contributed by atoms with Crippen LogP contribution >= 0.6 is 0 Å². The lowest BCUT2D eigenvalue weighted by atomic mass is 9.62. The molecule has 0 aromatic rings. The predicted octanol–water partition coefficient (Wildman–Crippen LogP) is 1.50. The number of aliphatic carboxylic acids is 1. The van der Waals surface area contributed by atoms with E-state index in [-0.39, 0.29) is 23.4 Å². The van der Waals surface area contributed by atoms with Crippen molar-refractivity contribution in [3.63, 3.8) is 0 Å². The largest absolute Gasteiger partial charge is 0.481 e. The Labute approximate surface area is 78.8 Å². The molecule has 76 valence electrons. The quantitative estimate of drug-likeness (QED) is 0.652. The van der Waals surface area contributed by atoms with Crippen LogP contribution in [0.25, 0.3) is 0 Å². The van der Waals surface area contributed by atoms with Crippen LogP contribution in [0.5, 0.6) is 0 Å². The van der Waals surface area contributed by atoms with Crippen molar-refractivity contribution in [2.45, 2.75) is 39.7 Å². The third kappa shape index (κ3) is 1.70.